The first-order chi connectivity index (χ1) is 10.6. The average Bonchev–Trinajstić information content (AvgIpc) is 2.41. The number of halogens is 2. The molecule has 0 atom stereocenters. The lowest BCUT2D eigenvalue weighted by atomic mass is 9.90. The maximum atomic E-state index is 11.5. The zero-order valence-electron chi connectivity index (χ0n) is 13.7. The van der Waals surface area contributed by atoms with Gasteiger partial charge < -0.3 is 15.8 Å². The van der Waals surface area contributed by atoms with Crippen LogP contribution in [0.15, 0.2) is 16.9 Å². The van der Waals surface area contributed by atoms with Crippen LogP contribution in [-0.2, 0) is 4.74 Å². The number of rotatable bonds is 1. The lowest BCUT2D eigenvalue weighted by Crippen LogP contribution is -2.57. The standard InChI is InChI=1S/C11H22N2O2.C4H2BrClN2/c1-10(2,3)15-9(14)13-11(12)7-5-4-6-8-11;5-3-1-7-4(6)8-2-3/h4-8,12H2,1-3H3,(H,13,14);1-2H. The number of carbonyl (C=O) groups is 1. The highest BCUT2D eigenvalue weighted by Crippen LogP contribution is 2.23. The van der Waals surface area contributed by atoms with Crippen molar-refractivity contribution in [3.8, 4) is 0 Å². The quantitative estimate of drug-likeness (QED) is 0.542. The summed E-state index contributed by atoms with van der Waals surface area (Å²) in [6.07, 6.45) is 7.81. The third-order valence-electron chi connectivity index (χ3n) is 3.08. The van der Waals surface area contributed by atoms with E-state index in [0.29, 0.717) is 0 Å². The average molecular weight is 408 g/mol. The summed E-state index contributed by atoms with van der Waals surface area (Å²) in [6.45, 7) is 5.53. The minimum absolute atomic E-state index is 0.271. The SMILES string of the molecule is CC(C)(C)OC(=O)NC1(N)CCCCC1.Clc1ncc(Br)cn1. The summed E-state index contributed by atoms with van der Waals surface area (Å²) in [5.74, 6) is 0. The number of aromatic nitrogens is 2. The van der Waals surface area contributed by atoms with Crippen molar-refractivity contribution >= 4 is 33.6 Å². The molecule has 1 heterocycles. The Balaban J connectivity index is 0.000000277. The number of alkyl carbamates (subject to hydrolysis) is 1. The van der Waals surface area contributed by atoms with Crippen molar-refractivity contribution in [3.63, 3.8) is 0 Å². The molecule has 1 aromatic rings. The fourth-order valence-corrected chi connectivity index (χ4v) is 2.41. The molecule has 0 saturated heterocycles. The maximum absolute atomic E-state index is 11.5. The first-order valence-corrected chi connectivity index (χ1v) is 8.70. The first kappa shape index (κ1) is 20.1. The van der Waals surface area contributed by atoms with Crippen LogP contribution in [-0.4, -0.2) is 27.3 Å². The van der Waals surface area contributed by atoms with Gasteiger partial charge in [0.2, 0.25) is 5.28 Å². The molecule has 1 aromatic heterocycles. The van der Waals surface area contributed by atoms with Crippen LogP contribution in [0.4, 0.5) is 4.79 Å². The second kappa shape index (κ2) is 8.80. The fourth-order valence-electron chi connectivity index (χ4n) is 2.11. The molecule has 130 valence electrons. The van der Waals surface area contributed by atoms with Crippen LogP contribution in [0, 0.1) is 0 Å². The number of hydrogen-bond donors (Lipinski definition) is 2. The van der Waals surface area contributed by atoms with Gasteiger partial charge in [-0.1, -0.05) is 6.42 Å². The Bertz CT molecular complexity index is 478. The van der Waals surface area contributed by atoms with E-state index in [1.54, 1.807) is 12.4 Å². The van der Waals surface area contributed by atoms with Gasteiger partial charge in [0.1, 0.15) is 5.60 Å². The van der Waals surface area contributed by atoms with E-state index < -0.39 is 17.4 Å². The van der Waals surface area contributed by atoms with Crippen LogP contribution in [0.25, 0.3) is 0 Å². The molecule has 1 saturated carbocycles. The Morgan fingerprint density at radius 2 is 1.83 bits per heavy atom. The van der Waals surface area contributed by atoms with E-state index in [0.717, 1.165) is 30.2 Å². The van der Waals surface area contributed by atoms with E-state index >= 15 is 0 Å². The van der Waals surface area contributed by atoms with Crippen molar-refractivity contribution in [3.05, 3.63) is 22.1 Å². The van der Waals surface area contributed by atoms with Crippen LogP contribution in [0.5, 0.6) is 0 Å². The van der Waals surface area contributed by atoms with E-state index in [1.807, 2.05) is 20.8 Å². The minimum atomic E-state index is -0.555. The largest absolute Gasteiger partial charge is 0.444 e. The van der Waals surface area contributed by atoms with Crippen molar-refractivity contribution < 1.29 is 9.53 Å². The van der Waals surface area contributed by atoms with Crippen LogP contribution < -0.4 is 11.1 Å². The minimum Gasteiger partial charge on any atom is -0.444 e. The van der Waals surface area contributed by atoms with Gasteiger partial charge in [0, 0.05) is 12.4 Å². The van der Waals surface area contributed by atoms with Crippen LogP contribution in [0.2, 0.25) is 5.28 Å². The van der Waals surface area contributed by atoms with Crippen molar-refractivity contribution in [1.29, 1.82) is 0 Å². The van der Waals surface area contributed by atoms with Crippen LogP contribution >= 0.6 is 27.5 Å². The number of ether oxygens (including phenoxy) is 1. The zero-order chi connectivity index (χ0) is 17.5. The fraction of sp³-hybridized carbons (Fsp3) is 0.667. The molecule has 0 bridgehead atoms. The Labute approximate surface area is 150 Å². The van der Waals surface area contributed by atoms with E-state index in [-0.39, 0.29) is 5.28 Å². The second-order valence-electron chi connectivity index (χ2n) is 6.51. The summed E-state index contributed by atoms with van der Waals surface area (Å²) in [4.78, 5) is 18.9. The molecule has 0 aromatic carbocycles. The molecule has 1 aliphatic carbocycles. The van der Waals surface area contributed by atoms with Gasteiger partial charge in [-0.05, 0) is 74.0 Å². The molecular weight excluding hydrogens is 384 g/mol. The molecule has 0 radical (unpaired) electrons. The third kappa shape index (κ3) is 9.07. The molecule has 1 amide bonds. The number of nitrogens with one attached hydrogen (secondary N) is 1. The number of nitrogens with zero attached hydrogens (tertiary/aromatic N) is 2. The van der Waals surface area contributed by atoms with Crippen molar-refractivity contribution in [2.75, 3.05) is 0 Å². The molecule has 0 unspecified atom stereocenters. The van der Waals surface area contributed by atoms with Crippen LogP contribution in [0.1, 0.15) is 52.9 Å². The Morgan fingerprint density at radius 3 is 2.26 bits per heavy atom. The molecule has 6 nitrogen and oxygen atoms in total. The second-order valence-corrected chi connectivity index (χ2v) is 7.77. The van der Waals surface area contributed by atoms with Gasteiger partial charge in [-0.15, -0.1) is 0 Å². The van der Waals surface area contributed by atoms with E-state index in [2.05, 4.69) is 31.2 Å². The molecule has 23 heavy (non-hydrogen) atoms. The zero-order valence-corrected chi connectivity index (χ0v) is 16.1. The number of nitrogens with two attached hydrogens (primary N) is 1. The predicted molar refractivity (Wildman–Crippen MR) is 94.1 cm³/mol. The van der Waals surface area contributed by atoms with Crippen molar-refractivity contribution in [1.82, 2.24) is 15.3 Å². The van der Waals surface area contributed by atoms with Gasteiger partial charge in [0.25, 0.3) is 0 Å². The summed E-state index contributed by atoms with van der Waals surface area (Å²) >= 11 is 8.53. The lowest BCUT2D eigenvalue weighted by Gasteiger charge is -2.34. The molecule has 8 heteroatoms. The molecule has 0 spiro atoms. The Morgan fingerprint density at radius 1 is 1.30 bits per heavy atom. The summed E-state index contributed by atoms with van der Waals surface area (Å²) in [5.41, 5.74) is 5.05. The van der Waals surface area contributed by atoms with Crippen molar-refractivity contribution in [2.45, 2.75) is 64.1 Å². The number of hydrogen-bond acceptors (Lipinski definition) is 5. The van der Waals surface area contributed by atoms with Gasteiger partial charge in [-0.3, -0.25) is 0 Å². The van der Waals surface area contributed by atoms with E-state index in [1.165, 1.54) is 6.42 Å². The third-order valence-corrected chi connectivity index (χ3v) is 3.69. The topological polar surface area (TPSA) is 90.1 Å². The van der Waals surface area contributed by atoms with E-state index in [9.17, 15) is 4.79 Å². The summed E-state index contributed by atoms with van der Waals surface area (Å²) in [6, 6.07) is 0. The first-order valence-electron chi connectivity index (χ1n) is 7.53. The Kier molecular flexibility index (Phi) is 7.70. The van der Waals surface area contributed by atoms with Gasteiger partial charge in [0.05, 0.1) is 10.1 Å². The molecule has 1 aliphatic rings. The molecular formula is C15H24BrClN4O2. The van der Waals surface area contributed by atoms with Gasteiger partial charge in [-0.25, -0.2) is 14.8 Å². The van der Waals surface area contributed by atoms with Gasteiger partial charge in [0.15, 0.2) is 0 Å². The molecule has 3 N–H and O–H groups in total. The molecule has 2 rings (SSSR count). The normalized spacial score (nSPS) is 16.8. The van der Waals surface area contributed by atoms with Crippen molar-refractivity contribution in [2.24, 2.45) is 5.73 Å². The maximum Gasteiger partial charge on any atom is 0.409 e. The summed E-state index contributed by atoms with van der Waals surface area (Å²) < 4.78 is 6.01. The summed E-state index contributed by atoms with van der Waals surface area (Å²) in [7, 11) is 0. The number of carbonyl (C=O) groups excluding carboxylic acids is 1. The predicted octanol–water partition coefficient (Wildman–Crippen LogP) is 4.02. The molecule has 0 aliphatic heterocycles. The molecule has 1 fully saturated rings. The Hall–Kier alpha value is -0.920. The highest BCUT2D eigenvalue weighted by molar-refractivity contribution is 9.10. The smallest absolute Gasteiger partial charge is 0.409 e. The highest BCUT2D eigenvalue weighted by atomic mass is 79.9. The lowest BCUT2D eigenvalue weighted by molar-refractivity contribution is 0.0429. The van der Waals surface area contributed by atoms with Crippen LogP contribution in [0.3, 0.4) is 0 Å². The monoisotopic (exact) mass is 406 g/mol. The van der Waals surface area contributed by atoms with E-state index in [4.69, 9.17) is 22.1 Å². The van der Waals surface area contributed by atoms with Gasteiger partial charge >= 0.3 is 6.09 Å². The summed E-state index contributed by atoms with van der Waals surface area (Å²) in [5, 5.41) is 3.04. The van der Waals surface area contributed by atoms with Gasteiger partial charge in [-0.2, -0.15) is 0 Å². The number of amides is 1. The highest BCUT2D eigenvalue weighted by Gasteiger charge is 2.30.